The predicted octanol–water partition coefficient (Wildman–Crippen LogP) is 3.19. The molecule has 0 bridgehead atoms. The quantitative estimate of drug-likeness (QED) is 0.712. The monoisotopic (exact) mass is 402 g/mol. The fourth-order valence-electron chi connectivity index (χ4n) is 3.80. The Hall–Kier alpha value is -3.25. The van der Waals surface area contributed by atoms with Gasteiger partial charge in [0.15, 0.2) is 0 Å². The number of pyridine rings is 1. The lowest BCUT2D eigenvalue weighted by molar-refractivity contribution is -0.117. The zero-order valence-electron chi connectivity index (χ0n) is 17.2. The number of rotatable bonds is 5. The molecule has 0 saturated carbocycles. The minimum Gasteiger partial charge on any atom is -0.335 e. The summed E-state index contributed by atoms with van der Waals surface area (Å²) < 4.78 is 0. The van der Waals surface area contributed by atoms with Crippen LogP contribution in [0, 0.1) is 0 Å². The zero-order chi connectivity index (χ0) is 20.9. The molecule has 0 spiro atoms. The number of anilines is 1. The first-order valence-electron chi connectivity index (χ1n) is 10.4. The van der Waals surface area contributed by atoms with Crippen molar-refractivity contribution in [3.63, 3.8) is 0 Å². The minimum atomic E-state index is -0.0540. The second-order valence-electron chi connectivity index (χ2n) is 7.52. The molecule has 2 heterocycles. The molecule has 0 unspecified atom stereocenters. The summed E-state index contributed by atoms with van der Waals surface area (Å²) in [6.07, 6.45) is 0.875. The smallest absolute Gasteiger partial charge is 0.272 e. The highest BCUT2D eigenvalue weighted by atomic mass is 16.2. The number of aryl methyl sites for hydroxylation is 1. The largest absolute Gasteiger partial charge is 0.335 e. The van der Waals surface area contributed by atoms with Crippen LogP contribution in [0.5, 0.6) is 0 Å². The van der Waals surface area contributed by atoms with Gasteiger partial charge >= 0.3 is 0 Å². The fraction of sp³-hybridized carbons (Fsp3) is 0.292. The Morgan fingerprint density at radius 3 is 2.47 bits per heavy atom. The summed E-state index contributed by atoms with van der Waals surface area (Å²) in [6, 6.07) is 19.4. The lowest BCUT2D eigenvalue weighted by Crippen LogP contribution is -2.50. The Labute approximate surface area is 176 Å². The average Bonchev–Trinajstić information content (AvgIpc) is 2.79. The van der Waals surface area contributed by atoms with Crippen molar-refractivity contribution >= 4 is 28.4 Å². The van der Waals surface area contributed by atoms with Gasteiger partial charge in [0.1, 0.15) is 5.69 Å². The highest BCUT2D eigenvalue weighted by molar-refractivity contribution is 5.95. The third kappa shape index (κ3) is 4.49. The number of hydrogen-bond acceptors (Lipinski definition) is 4. The lowest BCUT2D eigenvalue weighted by Gasteiger charge is -2.34. The van der Waals surface area contributed by atoms with Gasteiger partial charge in [0.2, 0.25) is 5.91 Å². The van der Waals surface area contributed by atoms with E-state index in [1.807, 2.05) is 59.5 Å². The van der Waals surface area contributed by atoms with Crippen LogP contribution in [0.3, 0.4) is 0 Å². The minimum absolute atomic E-state index is 0.0214. The zero-order valence-corrected chi connectivity index (χ0v) is 17.2. The maximum Gasteiger partial charge on any atom is 0.272 e. The van der Waals surface area contributed by atoms with Gasteiger partial charge in [-0.05, 0) is 30.2 Å². The predicted molar refractivity (Wildman–Crippen MR) is 119 cm³/mol. The highest BCUT2D eigenvalue weighted by Gasteiger charge is 2.24. The van der Waals surface area contributed by atoms with E-state index in [0.717, 1.165) is 28.6 Å². The number of para-hydroxylation sites is 2. The van der Waals surface area contributed by atoms with Gasteiger partial charge in [-0.1, -0.05) is 49.4 Å². The van der Waals surface area contributed by atoms with Crippen molar-refractivity contribution in [3.8, 4) is 0 Å². The molecular weight excluding hydrogens is 376 g/mol. The Morgan fingerprint density at radius 1 is 0.933 bits per heavy atom. The summed E-state index contributed by atoms with van der Waals surface area (Å²) in [5, 5.41) is 4.04. The van der Waals surface area contributed by atoms with E-state index in [2.05, 4.69) is 22.1 Å². The first-order valence-corrected chi connectivity index (χ1v) is 10.4. The topological polar surface area (TPSA) is 65.5 Å². The number of amides is 2. The van der Waals surface area contributed by atoms with Crippen LogP contribution in [-0.2, 0) is 11.2 Å². The summed E-state index contributed by atoms with van der Waals surface area (Å²) in [5.74, 6) is -0.0754. The maximum atomic E-state index is 12.8. The van der Waals surface area contributed by atoms with Crippen LogP contribution in [0.15, 0.2) is 60.7 Å². The van der Waals surface area contributed by atoms with E-state index in [0.29, 0.717) is 38.4 Å². The number of benzene rings is 2. The molecule has 1 aliphatic rings. The van der Waals surface area contributed by atoms with Crippen molar-refractivity contribution in [2.45, 2.75) is 13.3 Å². The SMILES string of the molecule is CCc1ccccc1NC(=O)CN1CCN(C(=O)c2ccc3ccccc3n2)CC1. The molecule has 6 heteroatoms. The summed E-state index contributed by atoms with van der Waals surface area (Å²) >= 11 is 0. The van der Waals surface area contributed by atoms with E-state index in [1.54, 1.807) is 6.07 Å². The number of aromatic nitrogens is 1. The van der Waals surface area contributed by atoms with Crippen LogP contribution >= 0.6 is 0 Å². The number of fused-ring (bicyclic) bond motifs is 1. The van der Waals surface area contributed by atoms with Gasteiger partial charge in [0.25, 0.3) is 5.91 Å². The fourth-order valence-corrected chi connectivity index (χ4v) is 3.80. The molecule has 2 amide bonds. The van der Waals surface area contributed by atoms with Crippen molar-refractivity contribution in [3.05, 3.63) is 71.9 Å². The van der Waals surface area contributed by atoms with Crippen LogP contribution in [0.25, 0.3) is 10.9 Å². The number of nitrogens with zero attached hydrogens (tertiary/aromatic N) is 3. The van der Waals surface area contributed by atoms with Crippen molar-refractivity contribution < 1.29 is 9.59 Å². The first-order chi connectivity index (χ1) is 14.6. The number of nitrogens with one attached hydrogen (secondary N) is 1. The standard InChI is InChI=1S/C24H26N4O2/c1-2-18-7-3-5-9-20(18)26-23(29)17-27-13-15-28(16-14-27)24(30)22-12-11-19-8-4-6-10-21(19)25-22/h3-12H,2,13-17H2,1H3,(H,26,29). The van der Waals surface area contributed by atoms with E-state index in [4.69, 9.17) is 0 Å². The molecule has 154 valence electrons. The molecule has 3 aromatic rings. The van der Waals surface area contributed by atoms with Crippen molar-refractivity contribution in [1.82, 2.24) is 14.8 Å². The Balaban J connectivity index is 1.32. The van der Waals surface area contributed by atoms with Gasteiger partial charge in [-0.2, -0.15) is 0 Å². The van der Waals surface area contributed by atoms with E-state index < -0.39 is 0 Å². The van der Waals surface area contributed by atoms with Gasteiger partial charge in [-0.15, -0.1) is 0 Å². The molecule has 1 aromatic heterocycles. The normalized spacial score (nSPS) is 14.6. The third-order valence-electron chi connectivity index (χ3n) is 5.52. The number of piperazine rings is 1. The second-order valence-corrected chi connectivity index (χ2v) is 7.52. The summed E-state index contributed by atoms with van der Waals surface area (Å²) in [6.45, 7) is 4.92. The molecule has 6 nitrogen and oxygen atoms in total. The lowest BCUT2D eigenvalue weighted by atomic mass is 10.1. The van der Waals surface area contributed by atoms with Gasteiger partial charge in [0, 0.05) is 37.3 Å². The van der Waals surface area contributed by atoms with Gasteiger partial charge in [0.05, 0.1) is 12.1 Å². The third-order valence-corrected chi connectivity index (χ3v) is 5.52. The Kier molecular flexibility index (Phi) is 6.05. The van der Waals surface area contributed by atoms with Crippen LogP contribution < -0.4 is 5.32 Å². The molecule has 0 radical (unpaired) electrons. The first kappa shape index (κ1) is 20.0. The van der Waals surface area contributed by atoms with Crippen LogP contribution in [0.4, 0.5) is 5.69 Å². The van der Waals surface area contributed by atoms with Gasteiger partial charge in [-0.25, -0.2) is 4.98 Å². The van der Waals surface area contributed by atoms with Crippen LogP contribution in [-0.4, -0.2) is 59.3 Å². The van der Waals surface area contributed by atoms with E-state index in [9.17, 15) is 9.59 Å². The van der Waals surface area contributed by atoms with Crippen molar-refractivity contribution in [2.75, 3.05) is 38.0 Å². The summed E-state index contributed by atoms with van der Waals surface area (Å²) in [7, 11) is 0. The van der Waals surface area contributed by atoms with Gasteiger partial charge < -0.3 is 10.2 Å². The molecule has 1 N–H and O–H groups in total. The van der Waals surface area contributed by atoms with Crippen molar-refractivity contribution in [2.24, 2.45) is 0 Å². The van der Waals surface area contributed by atoms with E-state index in [1.165, 1.54) is 0 Å². The molecule has 0 atom stereocenters. The Morgan fingerprint density at radius 2 is 1.67 bits per heavy atom. The second kappa shape index (κ2) is 9.05. The van der Waals surface area contributed by atoms with Crippen molar-refractivity contribution in [1.29, 1.82) is 0 Å². The highest BCUT2D eigenvalue weighted by Crippen LogP contribution is 2.16. The van der Waals surface area contributed by atoms with Gasteiger partial charge in [-0.3, -0.25) is 14.5 Å². The maximum absolute atomic E-state index is 12.8. The molecule has 30 heavy (non-hydrogen) atoms. The number of hydrogen-bond donors (Lipinski definition) is 1. The van der Waals surface area contributed by atoms with E-state index >= 15 is 0 Å². The van der Waals surface area contributed by atoms with Crippen LogP contribution in [0.2, 0.25) is 0 Å². The summed E-state index contributed by atoms with van der Waals surface area (Å²) in [4.78, 5) is 33.7. The summed E-state index contributed by atoms with van der Waals surface area (Å²) in [5.41, 5.74) is 3.30. The number of carbonyl (C=O) groups is 2. The molecule has 1 aliphatic heterocycles. The van der Waals surface area contributed by atoms with E-state index in [-0.39, 0.29) is 11.8 Å². The molecule has 1 saturated heterocycles. The van der Waals surface area contributed by atoms with Crippen LogP contribution in [0.1, 0.15) is 23.0 Å². The molecular formula is C24H26N4O2. The number of carbonyl (C=O) groups excluding carboxylic acids is 2. The Bertz CT molecular complexity index is 1060. The molecule has 1 fully saturated rings. The average molecular weight is 402 g/mol. The molecule has 4 rings (SSSR count). The molecule has 2 aromatic carbocycles. The molecule has 0 aliphatic carbocycles.